The third kappa shape index (κ3) is 5.40. The summed E-state index contributed by atoms with van der Waals surface area (Å²) in [4.78, 5) is 23.3. The summed E-state index contributed by atoms with van der Waals surface area (Å²) in [6.07, 6.45) is -0.205. The molecule has 0 heterocycles. The quantitative estimate of drug-likeness (QED) is 0.788. The van der Waals surface area contributed by atoms with Gasteiger partial charge in [0.1, 0.15) is 0 Å². The number of amides is 1. The van der Waals surface area contributed by atoms with Crippen molar-refractivity contribution in [1.82, 2.24) is 0 Å². The van der Waals surface area contributed by atoms with Crippen LogP contribution in [0.15, 0.2) is 18.2 Å². The van der Waals surface area contributed by atoms with Crippen LogP contribution < -0.4 is 5.32 Å². The number of carbonyl (C=O) groups excluding carboxylic acids is 2. The first-order chi connectivity index (χ1) is 11.3. The van der Waals surface area contributed by atoms with Gasteiger partial charge in [-0.05, 0) is 37.0 Å². The molecular formula is C16H17ClF3NO3. The molecule has 4 nitrogen and oxygen atoms in total. The van der Waals surface area contributed by atoms with Gasteiger partial charge in [-0.25, -0.2) is 0 Å². The summed E-state index contributed by atoms with van der Waals surface area (Å²) in [5, 5.41) is 1.80. The van der Waals surface area contributed by atoms with E-state index in [0.717, 1.165) is 37.8 Å². The highest BCUT2D eigenvalue weighted by atomic mass is 35.5. The summed E-state index contributed by atoms with van der Waals surface area (Å²) < 4.78 is 43.1. The van der Waals surface area contributed by atoms with Gasteiger partial charge >= 0.3 is 12.1 Å². The van der Waals surface area contributed by atoms with E-state index in [1.165, 1.54) is 6.07 Å². The number of carbonyl (C=O) groups is 2. The maximum absolute atomic E-state index is 12.7. The van der Waals surface area contributed by atoms with E-state index in [4.69, 9.17) is 16.3 Å². The molecule has 1 aromatic rings. The first-order valence-electron chi connectivity index (χ1n) is 7.58. The van der Waals surface area contributed by atoms with Crippen molar-refractivity contribution in [3.63, 3.8) is 0 Å². The van der Waals surface area contributed by atoms with Crippen LogP contribution in [0.5, 0.6) is 0 Å². The van der Waals surface area contributed by atoms with Crippen LogP contribution in [0.1, 0.15) is 37.7 Å². The van der Waals surface area contributed by atoms with Crippen molar-refractivity contribution in [1.29, 1.82) is 0 Å². The van der Waals surface area contributed by atoms with E-state index in [0.29, 0.717) is 5.92 Å². The Morgan fingerprint density at radius 3 is 2.54 bits per heavy atom. The number of rotatable bonds is 5. The van der Waals surface area contributed by atoms with Gasteiger partial charge in [0.15, 0.2) is 6.61 Å². The molecule has 0 unspecified atom stereocenters. The third-order valence-electron chi connectivity index (χ3n) is 3.85. The zero-order valence-corrected chi connectivity index (χ0v) is 13.5. The second-order valence-corrected chi connectivity index (χ2v) is 6.16. The zero-order chi connectivity index (χ0) is 17.7. The van der Waals surface area contributed by atoms with E-state index in [1.807, 2.05) is 0 Å². The van der Waals surface area contributed by atoms with Crippen molar-refractivity contribution >= 4 is 29.2 Å². The highest BCUT2D eigenvalue weighted by Crippen LogP contribution is 2.36. The predicted octanol–water partition coefficient (Wildman–Crippen LogP) is 4.42. The Balaban J connectivity index is 1.84. The molecule has 1 aromatic carbocycles. The van der Waals surface area contributed by atoms with E-state index >= 15 is 0 Å². The molecule has 1 saturated carbocycles. The number of halogens is 4. The number of ether oxygens (including phenoxy) is 1. The Bertz CT molecular complexity index is 613. The van der Waals surface area contributed by atoms with Crippen LogP contribution in [0.4, 0.5) is 18.9 Å². The number of benzene rings is 1. The van der Waals surface area contributed by atoms with Crippen LogP contribution in [-0.2, 0) is 20.5 Å². The highest BCUT2D eigenvalue weighted by molar-refractivity contribution is 6.31. The lowest BCUT2D eigenvalue weighted by molar-refractivity contribution is -0.148. The lowest BCUT2D eigenvalue weighted by Crippen LogP contribution is -2.22. The van der Waals surface area contributed by atoms with Gasteiger partial charge in [-0.15, -0.1) is 0 Å². The summed E-state index contributed by atoms with van der Waals surface area (Å²) in [5.74, 6) is -0.875. The van der Waals surface area contributed by atoms with E-state index in [-0.39, 0.29) is 12.1 Å². The van der Waals surface area contributed by atoms with Crippen LogP contribution in [0.25, 0.3) is 0 Å². The minimum absolute atomic E-state index is 0.0661. The summed E-state index contributed by atoms with van der Waals surface area (Å²) in [6.45, 7) is -0.532. The van der Waals surface area contributed by atoms with E-state index < -0.39 is 35.2 Å². The molecule has 24 heavy (non-hydrogen) atoms. The SMILES string of the molecule is O=C(COC(=O)CC1CCCC1)Nc1ccc(Cl)c(C(F)(F)F)c1. The number of hydrogen-bond acceptors (Lipinski definition) is 3. The van der Waals surface area contributed by atoms with Crippen LogP contribution >= 0.6 is 11.6 Å². The Labute approximate surface area is 142 Å². The maximum Gasteiger partial charge on any atom is 0.417 e. The van der Waals surface area contributed by atoms with E-state index in [1.54, 1.807) is 0 Å². The number of nitrogens with one attached hydrogen (secondary N) is 1. The monoisotopic (exact) mass is 363 g/mol. The molecule has 2 rings (SSSR count). The smallest absolute Gasteiger partial charge is 0.417 e. The molecule has 0 aromatic heterocycles. The summed E-state index contributed by atoms with van der Waals surface area (Å²) in [5.41, 5.74) is -1.11. The Morgan fingerprint density at radius 2 is 1.92 bits per heavy atom. The molecule has 1 aliphatic carbocycles. The Hall–Kier alpha value is -1.76. The molecule has 0 radical (unpaired) electrons. The lowest BCUT2D eigenvalue weighted by atomic mass is 10.1. The fourth-order valence-electron chi connectivity index (χ4n) is 2.67. The number of esters is 1. The minimum atomic E-state index is -4.62. The van der Waals surface area contributed by atoms with Gasteiger partial charge in [0.25, 0.3) is 5.91 Å². The molecular weight excluding hydrogens is 347 g/mol. The predicted molar refractivity (Wildman–Crippen MR) is 82.6 cm³/mol. The largest absolute Gasteiger partial charge is 0.456 e. The molecule has 1 N–H and O–H groups in total. The minimum Gasteiger partial charge on any atom is -0.456 e. The topological polar surface area (TPSA) is 55.4 Å². The molecule has 1 fully saturated rings. The molecule has 1 aliphatic rings. The summed E-state index contributed by atoms with van der Waals surface area (Å²) in [6, 6.07) is 3.03. The van der Waals surface area contributed by atoms with Crippen molar-refractivity contribution in [3.8, 4) is 0 Å². The van der Waals surface area contributed by atoms with Gasteiger partial charge in [0, 0.05) is 12.1 Å². The highest BCUT2D eigenvalue weighted by Gasteiger charge is 2.33. The average Bonchev–Trinajstić information content (AvgIpc) is 2.99. The van der Waals surface area contributed by atoms with Crippen LogP contribution in [0, 0.1) is 5.92 Å². The van der Waals surface area contributed by atoms with Gasteiger partial charge in [-0.1, -0.05) is 24.4 Å². The van der Waals surface area contributed by atoms with Crippen molar-refractivity contribution in [2.24, 2.45) is 5.92 Å². The average molecular weight is 364 g/mol. The molecule has 0 bridgehead atoms. The van der Waals surface area contributed by atoms with Crippen LogP contribution in [-0.4, -0.2) is 18.5 Å². The Morgan fingerprint density at radius 1 is 1.25 bits per heavy atom. The summed E-state index contributed by atoms with van der Waals surface area (Å²) >= 11 is 5.50. The van der Waals surface area contributed by atoms with E-state index in [9.17, 15) is 22.8 Å². The van der Waals surface area contributed by atoms with Gasteiger partial charge in [-0.3, -0.25) is 9.59 Å². The molecule has 0 saturated heterocycles. The maximum atomic E-state index is 12.7. The lowest BCUT2D eigenvalue weighted by Gasteiger charge is -2.12. The van der Waals surface area contributed by atoms with Crippen LogP contribution in [0.2, 0.25) is 5.02 Å². The number of alkyl halides is 3. The van der Waals surface area contributed by atoms with E-state index in [2.05, 4.69) is 5.32 Å². The third-order valence-corrected chi connectivity index (χ3v) is 4.18. The summed E-state index contributed by atoms with van der Waals surface area (Å²) in [7, 11) is 0. The standard InChI is InChI=1S/C16H17ClF3NO3/c17-13-6-5-11(8-12(13)16(18,19)20)21-14(22)9-24-15(23)7-10-3-1-2-4-10/h5-6,8,10H,1-4,7,9H2,(H,21,22). The Kier molecular flexibility index (Phi) is 6.10. The first-order valence-corrected chi connectivity index (χ1v) is 7.95. The van der Waals surface area contributed by atoms with Crippen molar-refractivity contribution < 1.29 is 27.5 Å². The molecule has 0 spiro atoms. The first kappa shape index (κ1) is 18.6. The van der Waals surface area contributed by atoms with Crippen molar-refractivity contribution in [2.45, 2.75) is 38.3 Å². The molecule has 8 heteroatoms. The molecule has 1 amide bonds. The second kappa shape index (κ2) is 7.88. The van der Waals surface area contributed by atoms with Crippen molar-refractivity contribution in [2.75, 3.05) is 11.9 Å². The van der Waals surface area contributed by atoms with Crippen LogP contribution in [0.3, 0.4) is 0 Å². The number of anilines is 1. The molecule has 0 aliphatic heterocycles. The fourth-order valence-corrected chi connectivity index (χ4v) is 2.90. The zero-order valence-electron chi connectivity index (χ0n) is 12.8. The molecule has 132 valence electrons. The van der Waals surface area contributed by atoms with Gasteiger partial charge in [-0.2, -0.15) is 13.2 Å². The van der Waals surface area contributed by atoms with Gasteiger partial charge in [0.2, 0.25) is 0 Å². The van der Waals surface area contributed by atoms with Gasteiger partial charge < -0.3 is 10.1 Å². The van der Waals surface area contributed by atoms with Gasteiger partial charge in [0.05, 0.1) is 10.6 Å². The molecule has 0 atom stereocenters. The second-order valence-electron chi connectivity index (χ2n) is 5.76. The normalized spacial score (nSPS) is 15.3. The van der Waals surface area contributed by atoms with Crippen molar-refractivity contribution in [3.05, 3.63) is 28.8 Å². The number of hydrogen-bond donors (Lipinski definition) is 1. The fraction of sp³-hybridized carbons (Fsp3) is 0.500.